The lowest BCUT2D eigenvalue weighted by molar-refractivity contribution is 0.745. The zero-order valence-electron chi connectivity index (χ0n) is 7.73. The van der Waals surface area contributed by atoms with E-state index in [-0.39, 0.29) is 0 Å². The fourth-order valence-electron chi connectivity index (χ4n) is 1.45. The number of para-hydroxylation sites is 2. The van der Waals surface area contributed by atoms with Gasteiger partial charge >= 0.3 is 0 Å². The number of rotatable bonds is 2. The zero-order valence-corrected chi connectivity index (χ0v) is 8.55. The highest BCUT2D eigenvalue weighted by molar-refractivity contribution is 8.00. The normalized spacial score (nSPS) is 16.7. The van der Waals surface area contributed by atoms with E-state index >= 15 is 0 Å². The average Bonchev–Trinajstić information content (AvgIpc) is 2.01. The molecule has 1 aliphatic heterocycles. The number of benzene rings is 1. The van der Waals surface area contributed by atoms with Crippen molar-refractivity contribution in [3.05, 3.63) is 24.3 Å². The number of hydrogen-bond donors (Lipinski definition) is 1. The van der Waals surface area contributed by atoms with Crippen LogP contribution in [0.3, 0.4) is 0 Å². The molecule has 1 heterocycles. The lowest BCUT2D eigenvalue weighted by Gasteiger charge is -2.36. The zero-order chi connectivity index (χ0) is 9.26. The van der Waals surface area contributed by atoms with Gasteiger partial charge in [-0.1, -0.05) is 12.1 Å². The summed E-state index contributed by atoms with van der Waals surface area (Å²) in [4.78, 5) is 2.28. The highest BCUT2D eigenvalue weighted by Crippen LogP contribution is 2.29. The molecule has 2 N–H and O–H groups in total. The Balaban J connectivity index is 2.18. The molecule has 1 fully saturated rings. The summed E-state index contributed by atoms with van der Waals surface area (Å²) in [5.41, 5.74) is 7.93. The Morgan fingerprint density at radius 2 is 2.08 bits per heavy atom. The van der Waals surface area contributed by atoms with Crippen molar-refractivity contribution in [1.82, 2.24) is 0 Å². The average molecular weight is 194 g/mol. The fraction of sp³-hybridized carbons (Fsp3) is 0.400. The summed E-state index contributed by atoms with van der Waals surface area (Å²) in [6.07, 6.45) is 0. The molecule has 0 spiro atoms. The maximum absolute atomic E-state index is 5.89. The van der Waals surface area contributed by atoms with Gasteiger partial charge in [-0.2, -0.15) is 11.8 Å². The minimum absolute atomic E-state index is 0.676. The third kappa shape index (κ3) is 1.61. The molecule has 70 valence electrons. The van der Waals surface area contributed by atoms with Gasteiger partial charge in [0.1, 0.15) is 0 Å². The predicted octanol–water partition coefficient (Wildman–Crippen LogP) is 1.82. The summed E-state index contributed by atoms with van der Waals surface area (Å²) in [7, 11) is 2.12. The monoisotopic (exact) mass is 194 g/mol. The van der Waals surface area contributed by atoms with Crippen molar-refractivity contribution in [2.24, 2.45) is 0 Å². The molecule has 0 amide bonds. The smallest absolute Gasteiger partial charge is 0.0600 e. The summed E-state index contributed by atoms with van der Waals surface area (Å²) in [5, 5.41) is 0. The molecule has 13 heavy (non-hydrogen) atoms. The van der Waals surface area contributed by atoms with Crippen molar-refractivity contribution >= 4 is 23.1 Å². The van der Waals surface area contributed by atoms with E-state index < -0.39 is 0 Å². The van der Waals surface area contributed by atoms with E-state index in [2.05, 4.69) is 18.0 Å². The molecule has 1 aliphatic rings. The van der Waals surface area contributed by atoms with Crippen molar-refractivity contribution in [1.29, 1.82) is 0 Å². The van der Waals surface area contributed by atoms with Crippen LogP contribution in [0.25, 0.3) is 0 Å². The van der Waals surface area contributed by atoms with Crippen LogP contribution in [0, 0.1) is 0 Å². The second-order valence-corrected chi connectivity index (χ2v) is 4.44. The van der Waals surface area contributed by atoms with E-state index in [9.17, 15) is 0 Å². The number of anilines is 2. The maximum atomic E-state index is 5.89. The molecule has 0 aromatic heterocycles. The van der Waals surface area contributed by atoms with Crippen molar-refractivity contribution in [3.8, 4) is 0 Å². The van der Waals surface area contributed by atoms with Crippen LogP contribution in [0.5, 0.6) is 0 Å². The highest BCUT2D eigenvalue weighted by Gasteiger charge is 2.23. The van der Waals surface area contributed by atoms with Crippen LogP contribution in [0.15, 0.2) is 24.3 Å². The molecule has 0 bridgehead atoms. The molecule has 0 saturated carbocycles. The Morgan fingerprint density at radius 3 is 2.62 bits per heavy atom. The molecule has 0 aliphatic carbocycles. The van der Waals surface area contributed by atoms with E-state index in [1.165, 1.54) is 11.5 Å². The molecule has 0 atom stereocenters. The van der Waals surface area contributed by atoms with E-state index in [0.717, 1.165) is 11.4 Å². The minimum Gasteiger partial charge on any atom is -0.397 e. The Bertz CT molecular complexity index is 297. The van der Waals surface area contributed by atoms with Crippen LogP contribution in [0.4, 0.5) is 11.4 Å². The quantitative estimate of drug-likeness (QED) is 0.728. The van der Waals surface area contributed by atoms with E-state index in [0.29, 0.717) is 6.04 Å². The van der Waals surface area contributed by atoms with Gasteiger partial charge in [0.25, 0.3) is 0 Å². The van der Waals surface area contributed by atoms with Crippen LogP contribution < -0.4 is 10.6 Å². The Morgan fingerprint density at radius 1 is 1.38 bits per heavy atom. The SMILES string of the molecule is CN(c1ccccc1N)C1CSC1. The van der Waals surface area contributed by atoms with Gasteiger partial charge in [-0.25, -0.2) is 0 Å². The summed E-state index contributed by atoms with van der Waals surface area (Å²) < 4.78 is 0. The molecular formula is C10H14N2S. The minimum atomic E-state index is 0.676. The lowest BCUT2D eigenvalue weighted by atomic mass is 10.2. The molecular weight excluding hydrogens is 180 g/mol. The standard InChI is InChI=1S/C10H14N2S/c1-12(8-6-13-7-8)10-5-3-2-4-9(10)11/h2-5,8H,6-7,11H2,1H3. The maximum Gasteiger partial charge on any atom is 0.0600 e. The van der Waals surface area contributed by atoms with Crippen molar-refractivity contribution < 1.29 is 0 Å². The first-order valence-corrected chi connectivity index (χ1v) is 5.59. The number of nitrogens with zero attached hydrogens (tertiary/aromatic N) is 1. The van der Waals surface area contributed by atoms with Crippen LogP contribution >= 0.6 is 11.8 Å². The first-order chi connectivity index (χ1) is 6.29. The highest BCUT2D eigenvalue weighted by atomic mass is 32.2. The van der Waals surface area contributed by atoms with Gasteiger partial charge in [-0.15, -0.1) is 0 Å². The topological polar surface area (TPSA) is 29.3 Å². The number of nitrogen functional groups attached to an aromatic ring is 1. The van der Waals surface area contributed by atoms with Gasteiger partial charge in [-0.05, 0) is 12.1 Å². The molecule has 1 aromatic carbocycles. The van der Waals surface area contributed by atoms with Gasteiger partial charge < -0.3 is 10.6 Å². The summed E-state index contributed by atoms with van der Waals surface area (Å²) in [5.74, 6) is 2.45. The molecule has 1 saturated heterocycles. The number of thioether (sulfide) groups is 1. The molecule has 0 unspecified atom stereocenters. The lowest BCUT2D eigenvalue weighted by Crippen LogP contribution is -2.42. The molecule has 1 aromatic rings. The largest absolute Gasteiger partial charge is 0.397 e. The van der Waals surface area contributed by atoms with Gasteiger partial charge in [0, 0.05) is 24.6 Å². The van der Waals surface area contributed by atoms with Gasteiger partial charge in [0.05, 0.1) is 11.4 Å². The number of hydrogen-bond acceptors (Lipinski definition) is 3. The third-order valence-electron chi connectivity index (χ3n) is 2.48. The van der Waals surface area contributed by atoms with E-state index in [4.69, 9.17) is 5.73 Å². The second kappa shape index (κ2) is 3.50. The first-order valence-electron chi connectivity index (χ1n) is 4.44. The van der Waals surface area contributed by atoms with Gasteiger partial charge in [0.15, 0.2) is 0 Å². The molecule has 0 radical (unpaired) electrons. The molecule has 2 nitrogen and oxygen atoms in total. The summed E-state index contributed by atoms with van der Waals surface area (Å²) >= 11 is 1.99. The molecule has 3 heteroatoms. The summed E-state index contributed by atoms with van der Waals surface area (Å²) in [6.45, 7) is 0. The van der Waals surface area contributed by atoms with Crippen molar-refractivity contribution in [2.75, 3.05) is 29.2 Å². The first kappa shape index (κ1) is 8.75. The van der Waals surface area contributed by atoms with E-state index in [1.54, 1.807) is 0 Å². The van der Waals surface area contributed by atoms with Crippen LogP contribution in [-0.2, 0) is 0 Å². The molecule has 2 rings (SSSR count). The fourth-order valence-corrected chi connectivity index (χ4v) is 2.35. The Hall–Kier alpha value is -0.830. The van der Waals surface area contributed by atoms with Crippen LogP contribution in [0.1, 0.15) is 0 Å². The van der Waals surface area contributed by atoms with Crippen molar-refractivity contribution in [3.63, 3.8) is 0 Å². The van der Waals surface area contributed by atoms with E-state index in [1.807, 2.05) is 30.0 Å². The Kier molecular flexibility index (Phi) is 2.36. The predicted molar refractivity (Wildman–Crippen MR) is 60.4 cm³/mol. The third-order valence-corrected chi connectivity index (χ3v) is 3.73. The number of nitrogens with two attached hydrogens (primary N) is 1. The summed E-state index contributed by atoms with van der Waals surface area (Å²) in [6, 6.07) is 8.72. The van der Waals surface area contributed by atoms with Crippen LogP contribution in [0.2, 0.25) is 0 Å². The van der Waals surface area contributed by atoms with Crippen LogP contribution in [-0.4, -0.2) is 24.6 Å². The van der Waals surface area contributed by atoms with Gasteiger partial charge in [0.2, 0.25) is 0 Å². The van der Waals surface area contributed by atoms with Gasteiger partial charge in [-0.3, -0.25) is 0 Å². The second-order valence-electron chi connectivity index (χ2n) is 3.36. The Labute approximate surface area is 83.1 Å². The van der Waals surface area contributed by atoms with Crippen molar-refractivity contribution in [2.45, 2.75) is 6.04 Å².